The second kappa shape index (κ2) is 10.9. The number of ether oxygens (including phenoxy) is 1. The first-order valence-corrected chi connectivity index (χ1v) is 7.61. The molecule has 4 heteroatoms. The summed E-state index contributed by atoms with van der Waals surface area (Å²) >= 11 is 0. The fraction of sp³-hybridized carbons (Fsp3) is 0.800. The van der Waals surface area contributed by atoms with Crippen LogP contribution in [0, 0.1) is 5.92 Å². The van der Waals surface area contributed by atoms with Crippen LogP contribution in [0.5, 0.6) is 0 Å². The Balaban J connectivity index is 1.90. The summed E-state index contributed by atoms with van der Waals surface area (Å²) in [5.41, 5.74) is 0. The Hall–Kier alpha value is -1.03. The van der Waals surface area contributed by atoms with E-state index < -0.39 is 0 Å². The van der Waals surface area contributed by atoms with Gasteiger partial charge in [0.15, 0.2) is 0 Å². The molecule has 0 aliphatic heterocycles. The fourth-order valence-corrected chi connectivity index (χ4v) is 2.19. The molecule has 1 fully saturated rings. The van der Waals surface area contributed by atoms with Crippen molar-refractivity contribution >= 4 is 6.03 Å². The number of hydrogen-bond acceptors (Lipinski definition) is 2. The van der Waals surface area contributed by atoms with E-state index in [0.717, 1.165) is 32.5 Å². The normalized spacial score (nSPS) is 16.1. The first-order valence-electron chi connectivity index (χ1n) is 7.61. The molecule has 0 saturated heterocycles. The highest BCUT2D eigenvalue weighted by atomic mass is 16.5. The number of amides is 2. The molecule has 0 aromatic rings. The smallest absolute Gasteiger partial charge is 0.318 e. The molecule has 0 aromatic heterocycles. The Bertz CT molecular complexity index is 261. The minimum Gasteiger partial charge on any atom is -0.381 e. The molecule has 1 aliphatic carbocycles. The number of unbranched alkanes of at least 4 members (excludes halogenated alkanes) is 1. The molecular weight excluding hydrogens is 240 g/mol. The van der Waals surface area contributed by atoms with Gasteiger partial charge in [-0.3, -0.25) is 0 Å². The summed E-state index contributed by atoms with van der Waals surface area (Å²) in [7, 11) is 0. The van der Waals surface area contributed by atoms with Gasteiger partial charge in [0.2, 0.25) is 0 Å². The number of hydrogen-bond donors (Lipinski definition) is 2. The number of urea groups is 1. The van der Waals surface area contributed by atoms with E-state index in [0.29, 0.717) is 12.5 Å². The third kappa shape index (κ3) is 8.65. The summed E-state index contributed by atoms with van der Waals surface area (Å²) in [6.45, 7) is 4.36. The number of carbonyl (C=O) groups is 1. The third-order valence-electron chi connectivity index (χ3n) is 3.38. The van der Waals surface area contributed by atoms with Crippen LogP contribution in [0.4, 0.5) is 4.79 Å². The monoisotopic (exact) mass is 268 g/mol. The largest absolute Gasteiger partial charge is 0.381 e. The maximum atomic E-state index is 11.4. The standard InChI is InChI=1S/C15H28N2O2/c1-2-3-12-19-13-6-10-16-15(18)17-11-9-14-7-4-5-8-14/h9,11,14H,2-8,10,12-13H2,1H3,(H2,16,17,18)/b11-9+. The second-order valence-electron chi connectivity index (χ2n) is 5.12. The fourth-order valence-electron chi connectivity index (χ4n) is 2.19. The molecule has 1 saturated carbocycles. The summed E-state index contributed by atoms with van der Waals surface area (Å²) in [6, 6.07) is -0.122. The summed E-state index contributed by atoms with van der Waals surface area (Å²) in [5, 5.41) is 5.57. The van der Waals surface area contributed by atoms with Gasteiger partial charge in [0.05, 0.1) is 0 Å². The van der Waals surface area contributed by atoms with Crippen molar-refractivity contribution in [3.05, 3.63) is 12.3 Å². The van der Waals surface area contributed by atoms with Gasteiger partial charge in [-0.1, -0.05) is 32.3 Å². The summed E-state index contributed by atoms with van der Waals surface area (Å²) < 4.78 is 5.42. The van der Waals surface area contributed by atoms with Crippen molar-refractivity contribution in [2.45, 2.75) is 51.9 Å². The molecule has 4 nitrogen and oxygen atoms in total. The Morgan fingerprint density at radius 2 is 2.00 bits per heavy atom. The van der Waals surface area contributed by atoms with Crippen LogP contribution in [0.1, 0.15) is 51.9 Å². The van der Waals surface area contributed by atoms with Gasteiger partial charge in [-0.15, -0.1) is 0 Å². The topological polar surface area (TPSA) is 50.4 Å². The molecule has 0 radical (unpaired) electrons. The Morgan fingerprint density at radius 1 is 1.26 bits per heavy atom. The van der Waals surface area contributed by atoms with Crippen LogP contribution in [0.15, 0.2) is 12.3 Å². The van der Waals surface area contributed by atoms with Gasteiger partial charge >= 0.3 is 6.03 Å². The van der Waals surface area contributed by atoms with E-state index in [2.05, 4.69) is 23.6 Å². The van der Waals surface area contributed by atoms with Crippen LogP contribution in [0.25, 0.3) is 0 Å². The SMILES string of the molecule is CCCCOCCCNC(=O)N/C=C/C1CCCC1. The van der Waals surface area contributed by atoms with E-state index in [4.69, 9.17) is 4.74 Å². The third-order valence-corrected chi connectivity index (χ3v) is 3.38. The average Bonchev–Trinajstić information content (AvgIpc) is 2.91. The molecule has 2 amide bonds. The first-order chi connectivity index (χ1) is 9.33. The van der Waals surface area contributed by atoms with Gasteiger partial charge < -0.3 is 15.4 Å². The number of allylic oxidation sites excluding steroid dienone is 1. The van der Waals surface area contributed by atoms with Crippen molar-refractivity contribution in [3.8, 4) is 0 Å². The predicted octanol–water partition coefficient (Wildman–Crippen LogP) is 3.20. The minimum atomic E-state index is -0.122. The minimum absolute atomic E-state index is 0.122. The van der Waals surface area contributed by atoms with E-state index in [9.17, 15) is 4.79 Å². The number of carbonyl (C=O) groups excluding carboxylic acids is 1. The Morgan fingerprint density at radius 3 is 2.74 bits per heavy atom. The summed E-state index contributed by atoms with van der Waals surface area (Å²) in [5.74, 6) is 0.660. The van der Waals surface area contributed by atoms with Crippen molar-refractivity contribution < 1.29 is 9.53 Å². The zero-order chi connectivity index (χ0) is 13.8. The highest BCUT2D eigenvalue weighted by molar-refractivity contribution is 5.74. The molecule has 1 rings (SSSR count). The molecule has 0 spiro atoms. The summed E-state index contributed by atoms with van der Waals surface area (Å²) in [6.07, 6.45) is 12.2. The maximum absolute atomic E-state index is 11.4. The Kier molecular flexibility index (Phi) is 9.15. The van der Waals surface area contributed by atoms with E-state index in [1.54, 1.807) is 6.20 Å². The van der Waals surface area contributed by atoms with Gasteiger partial charge in [-0.25, -0.2) is 4.79 Å². The van der Waals surface area contributed by atoms with Gasteiger partial charge in [-0.2, -0.15) is 0 Å². The lowest BCUT2D eigenvalue weighted by molar-refractivity contribution is 0.129. The van der Waals surface area contributed by atoms with Crippen molar-refractivity contribution in [3.63, 3.8) is 0 Å². The molecule has 0 aromatic carbocycles. The molecule has 0 heterocycles. The molecule has 1 aliphatic rings. The van der Waals surface area contributed by atoms with E-state index >= 15 is 0 Å². The quantitative estimate of drug-likeness (QED) is 0.631. The number of nitrogens with one attached hydrogen (secondary N) is 2. The maximum Gasteiger partial charge on any atom is 0.318 e. The van der Waals surface area contributed by atoms with E-state index in [1.165, 1.54) is 25.7 Å². The van der Waals surface area contributed by atoms with Crippen molar-refractivity contribution in [1.29, 1.82) is 0 Å². The zero-order valence-electron chi connectivity index (χ0n) is 12.1. The van der Waals surface area contributed by atoms with Crippen LogP contribution >= 0.6 is 0 Å². The molecule has 0 unspecified atom stereocenters. The Labute approximate surface area is 117 Å². The first kappa shape index (κ1) is 16.0. The van der Waals surface area contributed by atoms with E-state index in [1.807, 2.05) is 0 Å². The lowest BCUT2D eigenvalue weighted by Gasteiger charge is -2.06. The highest BCUT2D eigenvalue weighted by Gasteiger charge is 2.10. The highest BCUT2D eigenvalue weighted by Crippen LogP contribution is 2.25. The average molecular weight is 268 g/mol. The molecular formula is C15H28N2O2. The van der Waals surface area contributed by atoms with Crippen LogP contribution < -0.4 is 10.6 Å². The van der Waals surface area contributed by atoms with Crippen LogP contribution in [-0.2, 0) is 4.74 Å². The lowest BCUT2D eigenvalue weighted by Crippen LogP contribution is -2.33. The molecule has 19 heavy (non-hydrogen) atoms. The second-order valence-corrected chi connectivity index (χ2v) is 5.12. The van der Waals surface area contributed by atoms with Crippen LogP contribution in [0.2, 0.25) is 0 Å². The van der Waals surface area contributed by atoms with Crippen LogP contribution in [-0.4, -0.2) is 25.8 Å². The van der Waals surface area contributed by atoms with Gasteiger partial charge in [0, 0.05) is 26.0 Å². The molecule has 0 bridgehead atoms. The molecule has 0 atom stereocenters. The van der Waals surface area contributed by atoms with Gasteiger partial charge in [-0.05, 0) is 31.6 Å². The zero-order valence-corrected chi connectivity index (χ0v) is 12.1. The lowest BCUT2D eigenvalue weighted by atomic mass is 10.1. The summed E-state index contributed by atoms with van der Waals surface area (Å²) in [4.78, 5) is 11.4. The van der Waals surface area contributed by atoms with Gasteiger partial charge in [0.25, 0.3) is 0 Å². The number of rotatable bonds is 9. The van der Waals surface area contributed by atoms with Crippen LogP contribution in [0.3, 0.4) is 0 Å². The van der Waals surface area contributed by atoms with Gasteiger partial charge in [0.1, 0.15) is 0 Å². The predicted molar refractivity (Wildman–Crippen MR) is 78.0 cm³/mol. The molecule has 2 N–H and O–H groups in total. The van der Waals surface area contributed by atoms with Crippen molar-refractivity contribution in [2.24, 2.45) is 5.92 Å². The van der Waals surface area contributed by atoms with E-state index in [-0.39, 0.29) is 6.03 Å². The van der Waals surface area contributed by atoms with Crippen molar-refractivity contribution in [1.82, 2.24) is 10.6 Å². The van der Waals surface area contributed by atoms with Crippen molar-refractivity contribution in [2.75, 3.05) is 19.8 Å². The molecule has 110 valence electrons.